The molecule has 3 rings (SSSR count). The van der Waals surface area contributed by atoms with Gasteiger partial charge in [-0.05, 0) is 6.07 Å². The van der Waals surface area contributed by atoms with Crippen LogP contribution in [-0.4, -0.2) is 38.6 Å². The number of hydrogen-bond donors (Lipinski definition) is 0. The third-order valence-electron chi connectivity index (χ3n) is 3.66. The van der Waals surface area contributed by atoms with Crippen LogP contribution >= 0.6 is 0 Å². The third kappa shape index (κ3) is 3.78. The van der Waals surface area contributed by atoms with Crippen molar-refractivity contribution in [3.05, 3.63) is 46.7 Å². The Morgan fingerprint density at radius 1 is 1.28 bits per heavy atom. The molecule has 1 amide bonds. The fraction of sp³-hybridized carbons (Fsp3) is 0.333. The summed E-state index contributed by atoms with van der Waals surface area (Å²) in [5.41, 5.74) is -0.362. The SMILES string of the molecule is O=C(CCn1ccc(-c2noc(C(F)(F)F)n2)cc1=O)N1CC=CC1. The molecule has 3 heterocycles. The van der Waals surface area contributed by atoms with Gasteiger partial charge in [0.25, 0.3) is 5.56 Å². The number of rotatable bonds is 4. The first-order valence-corrected chi connectivity index (χ1v) is 7.39. The number of halogens is 3. The number of nitrogens with zero attached hydrogens (tertiary/aromatic N) is 4. The van der Waals surface area contributed by atoms with Crippen molar-refractivity contribution in [2.45, 2.75) is 19.1 Å². The van der Waals surface area contributed by atoms with Gasteiger partial charge in [0.2, 0.25) is 11.7 Å². The van der Waals surface area contributed by atoms with Crippen LogP contribution in [0.3, 0.4) is 0 Å². The summed E-state index contributed by atoms with van der Waals surface area (Å²) < 4.78 is 42.8. The van der Waals surface area contributed by atoms with Crippen LogP contribution in [0.15, 0.2) is 39.8 Å². The Balaban J connectivity index is 1.69. The minimum absolute atomic E-state index is 0.0750. The van der Waals surface area contributed by atoms with E-state index in [-0.39, 0.29) is 30.3 Å². The highest BCUT2D eigenvalue weighted by atomic mass is 19.4. The van der Waals surface area contributed by atoms with E-state index in [2.05, 4.69) is 14.7 Å². The molecule has 132 valence electrons. The summed E-state index contributed by atoms with van der Waals surface area (Å²) in [6, 6.07) is 2.50. The van der Waals surface area contributed by atoms with E-state index in [1.54, 1.807) is 4.90 Å². The molecule has 0 unspecified atom stereocenters. The monoisotopic (exact) mass is 354 g/mol. The number of carbonyl (C=O) groups is 1. The molecular formula is C15H13F3N4O3. The Labute approximate surface area is 139 Å². The van der Waals surface area contributed by atoms with Crippen LogP contribution in [0.25, 0.3) is 11.4 Å². The van der Waals surface area contributed by atoms with Gasteiger partial charge in [0.15, 0.2) is 0 Å². The van der Waals surface area contributed by atoms with Crippen LogP contribution in [-0.2, 0) is 17.5 Å². The quantitative estimate of drug-likeness (QED) is 0.781. The van der Waals surface area contributed by atoms with Gasteiger partial charge in [0.05, 0.1) is 0 Å². The zero-order valence-electron chi connectivity index (χ0n) is 12.9. The van der Waals surface area contributed by atoms with Crippen LogP contribution in [0.4, 0.5) is 13.2 Å². The van der Waals surface area contributed by atoms with Crippen molar-refractivity contribution in [3.63, 3.8) is 0 Å². The second kappa shape index (κ2) is 6.54. The largest absolute Gasteiger partial charge is 0.471 e. The van der Waals surface area contributed by atoms with Crippen molar-refractivity contribution in [2.24, 2.45) is 0 Å². The van der Waals surface area contributed by atoms with Gasteiger partial charge in [-0.25, -0.2) is 0 Å². The smallest absolute Gasteiger partial charge is 0.335 e. The number of pyridine rings is 1. The number of hydrogen-bond acceptors (Lipinski definition) is 5. The maximum absolute atomic E-state index is 12.5. The molecule has 10 heteroatoms. The van der Waals surface area contributed by atoms with Gasteiger partial charge in [-0.15, -0.1) is 0 Å². The van der Waals surface area contributed by atoms with E-state index in [4.69, 9.17) is 0 Å². The van der Waals surface area contributed by atoms with Gasteiger partial charge in [-0.1, -0.05) is 17.3 Å². The highest BCUT2D eigenvalue weighted by molar-refractivity contribution is 5.76. The number of amides is 1. The molecule has 0 saturated carbocycles. The molecule has 0 aliphatic carbocycles. The number of alkyl halides is 3. The summed E-state index contributed by atoms with van der Waals surface area (Å²) in [6.45, 7) is 1.30. The van der Waals surface area contributed by atoms with Crippen molar-refractivity contribution < 1.29 is 22.5 Å². The molecule has 2 aromatic rings. The fourth-order valence-electron chi connectivity index (χ4n) is 2.34. The van der Waals surface area contributed by atoms with Gasteiger partial charge in [-0.3, -0.25) is 9.59 Å². The van der Waals surface area contributed by atoms with Crippen LogP contribution in [0.2, 0.25) is 0 Å². The lowest BCUT2D eigenvalue weighted by atomic mass is 10.2. The van der Waals surface area contributed by atoms with E-state index >= 15 is 0 Å². The molecule has 0 spiro atoms. The Bertz CT molecular complexity index is 861. The third-order valence-corrected chi connectivity index (χ3v) is 3.66. The van der Waals surface area contributed by atoms with Crippen molar-refractivity contribution >= 4 is 5.91 Å². The maximum Gasteiger partial charge on any atom is 0.471 e. The van der Waals surface area contributed by atoms with Crippen LogP contribution in [0.1, 0.15) is 12.3 Å². The first-order valence-electron chi connectivity index (χ1n) is 7.39. The summed E-state index contributed by atoms with van der Waals surface area (Å²) in [6.07, 6.45) is 0.571. The molecule has 0 saturated heterocycles. The normalized spacial score (nSPS) is 14.3. The van der Waals surface area contributed by atoms with Crippen LogP contribution < -0.4 is 5.56 Å². The molecule has 0 bridgehead atoms. The lowest BCUT2D eigenvalue weighted by Gasteiger charge is -2.15. The Morgan fingerprint density at radius 3 is 2.60 bits per heavy atom. The topological polar surface area (TPSA) is 81.2 Å². The summed E-state index contributed by atoms with van der Waals surface area (Å²) in [7, 11) is 0. The molecule has 0 atom stereocenters. The van der Waals surface area contributed by atoms with Crippen molar-refractivity contribution in [2.75, 3.05) is 13.1 Å². The van der Waals surface area contributed by atoms with Gasteiger partial charge >= 0.3 is 12.1 Å². The van der Waals surface area contributed by atoms with Gasteiger partial charge in [0, 0.05) is 43.9 Å². The summed E-state index contributed by atoms with van der Waals surface area (Å²) in [5.74, 6) is -1.87. The average molecular weight is 354 g/mol. The molecule has 0 aromatic carbocycles. The minimum atomic E-state index is -4.75. The van der Waals surface area contributed by atoms with Crippen molar-refractivity contribution in [1.82, 2.24) is 19.6 Å². The molecule has 1 aliphatic heterocycles. The predicted octanol–water partition coefficient (Wildman–Crippen LogP) is 1.71. The lowest BCUT2D eigenvalue weighted by molar-refractivity contribution is -0.159. The van der Waals surface area contributed by atoms with Gasteiger partial charge in [0.1, 0.15) is 0 Å². The second-order valence-electron chi connectivity index (χ2n) is 5.39. The van der Waals surface area contributed by atoms with Crippen molar-refractivity contribution in [1.29, 1.82) is 0 Å². The Hall–Kier alpha value is -2.91. The minimum Gasteiger partial charge on any atom is -0.335 e. The van der Waals surface area contributed by atoms with Crippen molar-refractivity contribution in [3.8, 4) is 11.4 Å². The molecule has 0 radical (unpaired) electrons. The number of carbonyl (C=O) groups excluding carboxylic acids is 1. The molecular weight excluding hydrogens is 341 g/mol. The first kappa shape index (κ1) is 16.9. The summed E-state index contributed by atoms with van der Waals surface area (Å²) >= 11 is 0. The van der Waals surface area contributed by atoms with E-state index in [1.807, 2.05) is 12.2 Å². The molecule has 0 fully saturated rings. The van der Waals surface area contributed by atoms with Crippen LogP contribution in [0, 0.1) is 0 Å². The highest BCUT2D eigenvalue weighted by Crippen LogP contribution is 2.29. The Morgan fingerprint density at radius 2 is 2.00 bits per heavy atom. The van der Waals surface area contributed by atoms with Crippen LogP contribution in [0.5, 0.6) is 0 Å². The average Bonchev–Trinajstić information content (AvgIpc) is 3.24. The molecule has 7 nitrogen and oxygen atoms in total. The van der Waals surface area contributed by atoms with Gasteiger partial charge in [-0.2, -0.15) is 18.2 Å². The lowest BCUT2D eigenvalue weighted by Crippen LogP contribution is -2.30. The summed E-state index contributed by atoms with van der Waals surface area (Å²) in [5, 5.41) is 3.23. The number of aromatic nitrogens is 3. The standard InChI is InChI=1S/C15H13F3N4O3/c16-15(17,18)14-19-13(20-25-14)10-3-7-22(12(24)9-10)8-4-11(23)21-5-1-2-6-21/h1-3,7,9H,4-6,8H2. The molecule has 25 heavy (non-hydrogen) atoms. The maximum atomic E-state index is 12.5. The molecule has 0 N–H and O–H groups in total. The second-order valence-corrected chi connectivity index (χ2v) is 5.39. The van der Waals surface area contributed by atoms with E-state index < -0.39 is 17.6 Å². The zero-order valence-corrected chi connectivity index (χ0v) is 12.9. The van der Waals surface area contributed by atoms with E-state index in [0.717, 1.165) is 6.07 Å². The van der Waals surface area contributed by atoms with E-state index in [9.17, 15) is 22.8 Å². The zero-order chi connectivity index (χ0) is 18.0. The first-order chi connectivity index (χ1) is 11.8. The summed E-state index contributed by atoms with van der Waals surface area (Å²) in [4.78, 5) is 28.9. The molecule has 1 aliphatic rings. The van der Waals surface area contributed by atoms with E-state index in [0.29, 0.717) is 13.1 Å². The molecule has 2 aromatic heterocycles. The Kier molecular flexibility index (Phi) is 4.43. The number of aryl methyl sites for hydroxylation is 1. The fourth-order valence-corrected chi connectivity index (χ4v) is 2.34. The van der Waals surface area contributed by atoms with E-state index in [1.165, 1.54) is 16.8 Å². The highest BCUT2D eigenvalue weighted by Gasteiger charge is 2.38. The van der Waals surface area contributed by atoms with Gasteiger partial charge < -0.3 is 14.0 Å². The predicted molar refractivity (Wildman–Crippen MR) is 79.3 cm³/mol.